The quantitative estimate of drug-likeness (QED) is 0.801. The van der Waals surface area contributed by atoms with Gasteiger partial charge in [0.25, 0.3) is 0 Å². The van der Waals surface area contributed by atoms with Crippen LogP contribution in [0.25, 0.3) is 11.0 Å². The monoisotopic (exact) mass is 273 g/mol. The van der Waals surface area contributed by atoms with E-state index in [0.717, 1.165) is 11.0 Å². The molecule has 1 aromatic carbocycles. The maximum atomic E-state index is 11.4. The standard InChI is InChI=1S/C16H23N3O/c1-3-16(8-4-5-9-16)14(17-2)11-6-7-12-13(10-11)19-15(20)18-12/h6-7,10,14,17H,3-5,8-9H2,1-2H3,(H2,18,19,20). The molecule has 0 aliphatic heterocycles. The van der Waals surface area contributed by atoms with Gasteiger partial charge in [0.1, 0.15) is 0 Å². The number of H-pyrrole nitrogens is 2. The first-order valence-electron chi connectivity index (χ1n) is 7.58. The van der Waals surface area contributed by atoms with Gasteiger partial charge in [-0.3, -0.25) is 0 Å². The molecular weight excluding hydrogens is 250 g/mol. The second-order valence-electron chi connectivity index (χ2n) is 6.03. The lowest BCUT2D eigenvalue weighted by atomic mass is 9.73. The van der Waals surface area contributed by atoms with Crippen LogP contribution in [0.2, 0.25) is 0 Å². The van der Waals surface area contributed by atoms with Crippen LogP contribution in [-0.2, 0) is 0 Å². The molecule has 1 unspecified atom stereocenters. The first-order chi connectivity index (χ1) is 9.68. The molecule has 0 spiro atoms. The summed E-state index contributed by atoms with van der Waals surface area (Å²) in [5, 5.41) is 3.52. The van der Waals surface area contributed by atoms with Gasteiger partial charge in [-0.05, 0) is 49.4 Å². The Bertz CT molecular complexity index is 649. The molecule has 1 saturated carbocycles. The molecule has 4 heteroatoms. The van der Waals surface area contributed by atoms with Crippen molar-refractivity contribution in [2.24, 2.45) is 5.41 Å². The summed E-state index contributed by atoms with van der Waals surface area (Å²) in [7, 11) is 2.05. The third-order valence-electron chi connectivity index (χ3n) is 5.08. The summed E-state index contributed by atoms with van der Waals surface area (Å²) in [6, 6.07) is 6.62. The maximum Gasteiger partial charge on any atom is 0.323 e. The zero-order valence-corrected chi connectivity index (χ0v) is 12.3. The zero-order valence-electron chi connectivity index (χ0n) is 12.3. The maximum absolute atomic E-state index is 11.4. The Morgan fingerprint density at radius 1 is 1.25 bits per heavy atom. The molecular formula is C16H23N3O. The van der Waals surface area contributed by atoms with Crippen LogP contribution in [0, 0.1) is 5.41 Å². The number of aromatic amines is 2. The van der Waals surface area contributed by atoms with Crippen molar-refractivity contribution in [3.8, 4) is 0 Å². The van der Waals surface area contributed by atoms with Crippen LogP contribution in [0.15, 0.2) is 23.0 Å². The summed E-state index contributed by atoms with van der Waals surface area (Å²) in [5.41, 5.74) is 3.28. The predicted molar refractivity (Wildman–Crippen MR) is 81.9 cm³/mol. The van der Waals surface area contributed by atoms with Crippen molar-refractivity contribution in [2.75, 3.05) is 7.05 Å². The highest BCUT2D eigenvalue weighted by atomic mass is 16.1. The smallest absolute Gasteiger partial charge is 0.313 e. The van der Waals surface area contributed by atoms with Crippen LogP contribution >= 0.6 is 0 Å². The van der Waals surface area contributed by atoms with Crippen molar-refractivity contribution >= 4 is 11.0 Å². The summed E-state index contributed by atoms with van der Waals surface area (Å²) in [4.78, 5) is 17.1. The predicted octanol–water partition coefficient (Wildman–Crippen LogP) is 3.09. The van der Waals surface area contributed by atoms with Crippen molar-refractivity contribution in [3.05, 3.63) is 34.2 Å². The average molecular weight is 273 g/mol. The molecule has 0 radical (unpaired) electrons. The zero-order chi connectivity index (χ0) is 14.2. The third-order valence-corrected chi connectivity index (χ3v) is 5.08. The van der Waals surface area contributed by atoms with Crippen LogP contribution < -0.4 is 11.0 Å². The van der Waals surface area contributed by atoms with Crippen LogP contribution in [0.3, 0.4) is 0 Å². The number of nitrogens with one attached hydrogen (secondary N) is 3. The fourth-order valence-corrected chi connectivity index (χ4v) is 3.98. The van der Waals surface area contributed by atoms with E-state index in [-0.39, 0.29) is 5.69 Å². The highest BCUT2D eigenvalue weighted by Gasteiger charge is 2.39. The van der Waals surface area contributed by atoms with Crippen molar-refractivity contribution in [2.45, 2.75) is 45.1 Å². The van der Waals surface area contributed by atoms with Gasteiger partial charge in [0.05, 0.1) is 11.0 Å². The van der Waals surface area contributed by atoms with E-state index in [9.17, 15) is 4.79 Å². The molecule has 108 valence electrons. The van der Waals surface area contributed by atoms with E-state index in [4.69, 9.17) is 0 Å². The van der Waals surface area contributed by atoms with Gasteiger partial charge >= 0.3 is 5.69 Å². The van der Waals surface area contributed by atoms with Gasteiger partial charge in [0.15, 0.2) is 0 Å². The Kier molecular flexibility index (Phi) is 3.42. The van der Waals surface area contributed by atoms with E-state index >= 15 is 0 Å². The van der Waals surface area contributed by atoms with Crippen molar-refractivity contribution in [3.63, 3.8) is 0 Å². The number of aromatic nitrogens is 2. The molecule has 0 bridgehead atoms. The Morgan fingerprint density at radius 2 is 1.95 bits per heavy atom. The number of rotatable bonds is 4. The largest absolute Gasteiger partial charge is 0.323 e. The van der Waals surface area contributed by atoms with Crippen LogP contribution in [0.1, 0.15) is 50.6 Å². The van der Waals surface area contributed by atoms with Gasteiger partial charge in [-0.25, -0.2) is 4.79 Å². The normalized spacial score (nSPS) is 19.5. The Hall–Kier alpha value is -1.55. The van der Waals surface area contributed by atoms with Gasteiger partial charge in [-0.15, -0.1) is 0 Å². The number of benzene rings is 1. The SMILES string of the molecule is CCC1(C(NC)c2ccc3[nH]c(=O)[nH]c3c2)CCCC1. The lowest BCUT2D eigenvalue weighted by Gasteiger charge is -2.37. The summed E-state index contributed by atoms with van der Waals surface area (Å²) < 4.78 is 0. The number of fused-ring (bicyclic) bond motifs is 1. The number of imidazole rings is 1. The summed E-state index contributed by atoms with van der Waals surface area (Å²) in [6.07, 6.45) is 6.43. The molecule has 3 N–H and O–H groups in total. The summed E-state index contributed by atoms with van der Waals surface area (Å²) in [6.45, 7) is 2.30. The van der Waals surface area contributed by atoms with Crippen molar-refractivity contribution < 1.29 is 0 Å². The fraction of sp³-hybridized carbons (Fsp3) is 0.562. The Labute approximate surface area is 119 Å². The topological polar surface area (TPSA) is 60.7 Å². The van der Waals surface area contributed by atoms with Gasteiger partial charge in [0, 0.05) is 6.04 Å². The van der Waals surface area contributed by atoms with Crippen LogP contribution in [-0.4, -0.2) is 17.0 Å². The third kappa shape index (κ3) is 2.08. The molecule has 0 amide bonds. The van der Waals surface area contributed by atoms with E-state index in [0.29, 0.717) is 11.5 Å². The van der Waals surface area contributed by atoms with E-state index in [2.05, 4.69) is 34.3 Å². The molecule has 20 heavy (non-hydrogen) atoms. The average Bonchev–Trinajstić information content (AvgIpc) is 3.05. The van der Waals surface area contributed by atoms with Crippen molar-refractivity contribution in [1.82, 2.24) is 15.3 Å². The summed E-state index contributed by atoms with van der Waals surface area (Å²) in [5.74, 6) is 0. The molecule has 1 aromatic heterocycles. The minimum atomic E-state index is -0.135. The van der Waals surface area contributed by atoms with E-state index in [1.807, 2.05) is 13.1 Å². The van der Waals surface area contributed by atoms with Gasteiger partial charge < -0.3 is 15.3 Å². The van der Waals surface area contributed by atoms with E-state index < -0.39 is 0 Å². The molecule has 1 fully saturated rings. The molecule has 1 aliphatic carbocycles. The molecule has 4 nitrogen and oxygen atoms in total. The van der Waals surface area contributed by atoms with E-state index in [1.54, 1.807) is 0 Å². The van der Waals surface area contributed by atoms with Crippen molar-refractivity contribution in [1.29, 1.82) is 0 Å². The second kappa shape index (κ2) is 5.09. The molecule has 1 heterocycles. The minimum absolute atomic E-state index is 0.135. The summed E-state index contributed by atoms with van der Waals surface area (Å²) >= 11 is 0. The number of hydrogen-bond donors (Lipinski definition) is 3. The lowest BCUT2D eigenvalue weighted by molar-refractivity contribution is 0.195. The van der Waals surface area contributed by atoms with E-state index in [1.165, 1.54) is 37.7 Å². The second-order valence-corrected chi connectivity index (χ2v) is 6.03. The molecule has 2 aromatic rings. The molecule has 1 aliphatic rings. The lowest BCUT2D eigenvalue weighted by Crippen LogP contribution is -2.34. The Morgan fingerprint density at radius 3 is 2.60 bits per heavy atom. The highest BCUT2D eigenvalue weighted by Crippen LogP contribution is 2.50. The Balaban J connectivity index is 2.03. The van der Waals surface area contributed by atoms with Gasteiger partial charge in [-0.2, -0.15) is 0 Å². The molecule has 0 saturated heterocycles. The van der Waals surface area contributed by atoms with Gasteiger partial charge in [-0.1, -0.05) is 25.8 Å². The molecule has 3 rings (SSSR count). The first kappa shape index (κ1) is 13.4. The van der Waals surface area contributed by atoms with Gasteiger partial charge in [0.2, 0.25) is 0 Å². The molecule has 1 atom stereocenters. The fourth-order valence-electron chi connectivity index (χ4n) is 3.98. The highest BCUT2D eigenvalue weighted by molar-refractivity contribution is 5.75. The van der Waals surface area contributed by atoms with Crippen LogP contribution in [0.5, 0.6) is 0 Å². The minimum Gasteiger partial charge on any atom is -0.313 e. The number of hydrogen-bond acceptors (Lipinski definition) is 2. The first-order valence-corrected chi connectivity index (χ1v) is 7.58. The van der Waals surface area contributed by atoms with Crippen LogP contribution in [0.4, 0.5) is 0 Å².